The monoisotopic (exact) mass is 251 g/mol. The number of hydrogen-bond acceptors (Lipinski definition) is 4. The molecule has 4 N–H and O–H groups in total. The number of H-pyrrole nitrogens is 1. The predicted octanol–water partition coefficient (Wildman–Crippen LogP) is 0.712. The molecule has 1 heterocycles. The second-order valence-corrected chi connectivity index (χ2v) is 5.93. The maximum absolute atomic E-state index is 12.0. The lowest BCUT2D eigenvalue weighted by molar-refractivity contribution is 0.0924. The Morgan fingerprint density at radius 2 is 2.17 bits per heavy atom. The van der Waals surface area contributed by atoms with Crippen LogP contribution in [0.15, 0.2) is 0 Å². The Morgan fingerprint density at radius 1 is 1.44 bits per heavy atom. The molecule has 2 unspecified atom stereocenters. The zero-order valence-corrected chi connectivity index (χ0v) is 11.2. The molecule has 0 aliphatic heterocycles. The van der Waals surface area contributed by atoms with Crippen LogP contribution in [-0.4, -0.2) is 33.2 Å². The standard InChI is InChI=1S/C12H21N5O/c1-12(2,3)11-15-9(16-17-11)10(18)14-8-6-4-5-7(8)13/h7-8H,4-6,13H2,1-3H3,(H,14,18)(H,15,16,17). The quantitative estimate of drug-likeness (QED) is 0.721. The fourth-order valence-corrected chi connectivity index (χ4v) is 2.10. The third-order valence-corrected chi connectivity index (χ3v) is 3.28. The van der Waals surface area contributed by atoms with Crippen molar-refractivity contribution in [1.29, 1.82) is 0 Å². The molecular formula is C12H21N5O. The van der Waals surface area contributed by atoms with E-state index < -0.39 is 0 Å². The molecule has 1 aliphatic carbocycles. The third-order valence-electron chi connectivity index (χ3n) is 3.28. The summed E-state index contributed by atoms with van der Waals surface area (Å²) in [4.78, 5) is 16.2. The van der Waals surface area contributed by atoms with Gasteiger partial charge in [-0.1, -0.05) is 20.8 Å². The fraction of sp³-hybridized carbons (Fsp3) is 0.750. The molecular weight excluding hydrogens is 230 g/mol. The van der Waals surface area contributed by atoms with Gasteiger partial charge in [0.1, 0.15) is 5.82 Å². The number of hydrogen-bond donors (Lipinski definition) is 3. The lowest BCUT2D eigenvalue weighted by Gasteiger charge is -2.16. The Hall–Kier alpha value is -1.43. The molecule has 6 nitrogen and oxygen atoms in total. The van der Waals surface area contributed by atoms with Crippen LogP contribution in [0.5, 0.6) is 0 Å². The fourth-order valence-electron chi connectivity index (χ4n) is 2.10. The van der Waals surface area contributed by atoms with Crippen LogP contribution in [0.25, 0.3) is 0 Å². The molecule has 0 aromatic carbocycles. The van der Waals surface area contributed by atoms with Crippen LogP contribution in [-0.2, 0) is 5.41 Å². The van der Waals surface area contributed by atoms with Gasteiger partial charge in [0.25, 0.3) is 5.91 Å². The molecule has 1 aliphatic rings. The van der Waals surface area contributed by atoms with Gasteiger partial charge >= 0.3 is 0 Å². The SMILES string of the molecule is CC(C)(C)c1nc(C(=O)NC2CCCC2N)n[nH]1. The summed E-state index contributed by atoms with van der Waals surface area (Å²) in [5.41, 5.74) is 5.77. The maximum Gasteiger partial charge on any atom is 0.291 e. The van der Waals surface area contributed by atoms with Gasteiger partial charge in [0.05, 0.1) is 0 Å². The van der Waals surface area contributed by atoms with Crippen molar-refractivity contribution in [2.45, 2.75) is 57.5 Å². The van der Waals surface area contributed by atoms with Gasteiger partial charge in [0, 0.05) is 17.5 Å². The molecule has 1 amide bonds. The Balaban J connectivity index is 2.03. The highest BCUT2D eigenvalue weighted by molar-refractivity contribution is 5.90. The number of rotatable bonds is 2. The molecule has 6 heteroatoms. The lowest BCUT2D eigenvalue weighted by Crippen LogP contribution is -2.44. The Kier molecular flexibility index (Phi) is 3.38. The van der Waals surface area contributed by atoms with Gasteiger partial charge in [-0.05, 0) is 19.3 Å². The number of nitrogens with zero attached hydrogens (tertiary/aromatic N) is 2. The van der Waals surface area contributed by atoms with Crippen molar-refractivity contribution in [2.75, 3.05) is 0 Å². The van der Waals surface area contributed by atoms with Gasteiger partial charge in [-0.15, -0.1) is 5.10 Å². The van der Waals surface area contributed by atoms with Gasteiger partial charge in [0.15, 0.2) is 0 Å². The normalized spacial score (nSPS) is 24.2. The number of carbonyl (C=O) groups excluding carboxylic acids is 1. The van der Waals surface area contributed by atoms with Crippen LogP contribution < -0.4 is 11.1 Å². The molecule has 0 spiro atoms. The number of amides is 1. The van der Waals surface area contributed by atoms with E-state index in [9.17, 15) is 4.79 Å². The molecule has 1 fully saturated rings. The van der Waals surface area contributed by atoms with Crippen molar-refractivity contribution < 1.29 is 4.79 Å². The summed E-state index contributed by atoms with van der Waals surface area (Å²) in [6, 6.07) is 0.101. The van der Waals surface area contributed by atoms with E-state index in [2.05, 4.69) is 20.5 Å². The zero-order valence-electron chi connectivity index (χ0n) is 11.2. The average molecular weight is 251 g/mol. The molecule has 2 rings (SSSR count). The van der Waals surface area contributed by atoms with E-state index in [-0.39, 0.29) is 29.2 Å². The lowest BCUT2D eigenvalue weighted by atomic mass is 9.96. The van der Waals surface area contributed by atoms with E-state index >= 15 is 0 Å². The highest BCUT2D eigenvalue weighted by Crippen LogP contribution is 2.19. The molecule has 100 valence electrons. The van der Waals surface area contributed by atoms with E-state index in [0.29, 0.717) is 5.82 Å². The van der Waals surface area contributed by atoms with Gasteiger partial charge < -0.3 is 11.1 Å². The largest absolute Gasteiger partial charge is 0.345 e. The highest BCUT2D eigenvalue weighted by Gasteiger charge is 2.27. The second kappa shape index (κ2) is 4.68. The molecule has 2 atom stereocenters. The summed E-state index contributed by atoms with van der Waals surface area (Å²) in [5.74, 6) is 0.659. The van der Waals surface area contributed by atoms with Crippen LogP contribution in [0, 0.1) is 0 Å². The summed E-state index contributed by atoms with van der Waals surface area (Å²) < 4.78 is 0. The van der Waals surface area contributed by atoms with Crippen molar-refractivity contribution in [3.63, 3.8) is 0 Å². The van der Waals surface area contributed by atoms with E-state index in [1.165, 1.54) is 0 Å². The van der Waals surface area contributed by atoms with Crippen molar-refractivity contribution in [2.24, 2.45) is 5.73 Å². The molecule has 18 heavy (non-hydrogen) atoms. The molecule has 0 bridgehead atoms. The average Bonchev–Trinajstić information content (AvgIpc) is 2.87. The first-order valence-electron chi connectivity index (χ1n) is 6.37. The molecule has 0 saturated heterocycles. The van der Waals surface area contributed by atoms with Crippen LogP contribution in [0.1, 0.15) is 56.5 Å². The first-order valence-corrected chi connectivity index (χ1v) is 6.37. The number of nitrogens with one attached hydrogen (secondary N) is 2. The minimum absolute atomic E-state index is 0.0501. The van der Waals surface area contributed by atoms with Crippen LogP contribution >= 0.6 is 0 Å². The van der Waals surface area contributed by atoms with Gasteiger partial charge in [-0.25, -0.2) is 4.98 Å². The number of carbonyl (C=O) groups is 1. The predicted molar refractivity (Wildman–Crippen MR) is 68.2 cm³/mol. The summed E-state index contributed by atoms with van der Waals surface area (Å²) in [5, 5.41) is 9.67. The Morgan fingerprint density at radius 3 is 2.67 bits per heavy atom. The van der Waals surface area contributed by atoms with Crippen molar-refractivity contribution in [1.82, 2.24) is 20.5 Å². The maximum atomic E-state index is 12.0. The summed E-state index contributed by atoms with van der Waals surface area (Å²) in [7, 11) is 0. The first kappa shape index (κ1) is 13.0. The van der Waals surface area contributed by atoms with Crippen LogP contribution in [0.3, 0.4) is 0 Å². The van der Waals surface area contributed by atoms with E-state index in [1.54, 1.807) is 0 Å². The summed E-state index contributed by atoms with van der Waals surface area (Å²) in [6.07, 6.45) is 2.96. The van der Waals surface area contributed by atoms with E-state index in [1.807, 2.05) is 20.8 Å². The van der Waals surface area contributed by atoms with Crippen molar-refractivity contribution in [3.05, 3.63) is 11.6 Å². The second-order valence-electron chi connectivity index (χ2n) is 5.93. The Labute approximate surface area is 107 Å². The highest BCUT2D eigenvalue weighted by atomic mass is 16.2. The van der Waals surface area contributed by atoms with Crippen LogP contribution in [0.2, 0.25) is 0 Å². The van der Waals surface area contributed by atoms with Gasteiger partial charge in [-0.3, -0.25) is 9.89 Å². The van der Waals surface area contributed by atoms with Crippen molar-refractivity contribution in [3.8, 4) is 0 Å². The van der Waals surface area contributed by atoms with Gasteiger partial charge in [0.2, 0.25) is 5.82 Å². The van der Waals surface area contributed by atoms with E-state index in [0.717, 1.165) is 19.3 Å². The Bertz CT molecular complexity index is 434. The minimum Gasteiger partial charge on any atom is -0.345 e. The minimum atomic E-state index is -0.246. The third kappa shape index (κ3) is 2.69. The smallest absolute Gasteiger partial charge is 0.291 e. The molecule has 1 saturated carbocycles. The van der Waals surface area contributed by atoms with E-state index in [4.69, 9.17) is 5.73 Å². The number of nitrogens with two attached hydrogens (primary N) is 1. The molecule has 1 aromatic heterocycles. The first-order chi connectivity index (χ1) is 8.38. The topological polar surface area (TPSA) is 96.7 Å². The van der Waals surface area contributed by atoms with Crippen molar-refractivity contribution >= 4 is 5.91 Å². The number of aromatic amines is 1. The number of aromatic nitrogens is 3. The molecule has 0 radical (unpaired) electrons. The summed E-state index contributed by atoms with van der Waals surface area (Å²) >= 11 is 0. The zero-order chi connectivity index (χ0) is 13.3. The summed E-state index contributed by atoms with van der Waals surface area (Å²) in [6.45, 7) is 6.05. The van der Waals surface area contributed by atoms with Gasteiger partial charge in [-0.2, -0.15) is 0 Å². The van der Waals surface area contributed by atoms with Crippen LogP contribution in [0.4, 0.5) is 0 Å². The molecule has 1 aromatic rings.